The summed E-state index contributed by atoms with van der Waals surface area (Å²) < 4.78 is 15.7. The van der Waals surface area contributed by atoms with Gasteiger partial charge in [0, 0.05) is 17.2 Å². The van der Waals surface area contributed by atoms with Crippen LogP contribution in [-0.4, -0.2) is 32.6 Å². The summed E-state index contributed by atoms with van der Waals surface area (Å²) in [4.78, 5) is 23.3. The van der Waals surface area contributed by atoms with Crippen LogP contribution in [0.15, 0.2) is 24.3 Å². The molecule has 1 amide bonds. The number of methoxy groups -OCH3 is 2. The lowest BCUT2D eigenvalue weighted by atomic mass is 10.0. The van der Waals surface area contributed by atoms with Gasteiger partial charge in [-0.05, 0) is 24.1 Å². The first kappa shape index (κ1) is 23.1. The molecule has 0 unspecified atom stereocenters. The maximum Gasteiger partial charge on any atom is 0.325 e. The van der Waals surface area contributed by atoms with Gasteiger partial charge >= 0.3 is 5.97 Å². The van der Waals surface area contributed by atoms with Crippen molar-refractivity contribution in [3.63, 3.8) is 0 Å². The molecule has 2 aromatic carbocycles. The molecule has 2 rings (SSSR count). The summed E-state index contributed by atoms with van der Waals surface area (Å²) in [6.07, 6.45) is 0. The van der Waals surface area contributed by atoms with Gasteiger partial charge < -0.3 is 19.5 Å². The van der Waals surface area contributed by atoms with Gasteiger partial charge in [-0.25, -0.2) is 0 Å². The highest BCUT2D eigenvalue weighted by Crippen LogP contribution is 2.42. The third-order valence-corrected chi connectivity index (χ3v) is 4.82. The van der Waals surface area contributed by atoms with E-state index in [1.165, 1.54) is 19.2 Å². The number of halogens is 3. The van der Waals surface area contributed by atoms with Gasteiger partial charge in [-0.15, -0.1) is 0 Å². The minimum absolute atomic E-state index is 0.124. The highest BCUT2D eigenvalue weighted by Gasteiger charge is 2.18. The summed E-state index contributed by atoms with van der Waals surface area (Å²) >= 11 is 18.9. The fraction of sp³-hybridized carbons (Fsp3) is 0.300. The Morgan fingerprint density at radius 3 is 2.07 bits per heavy atom. The molecule has 0 saturated heterocycles. The molecule has 29 heavy (non-hydrogen) atoms. The van der Waals surface area contributed by atoms with Crippen LogP contribution in [-0.2, 0) is 9.53 Å². The summed E-state index contributed by atoms with van der Waals surface area (Å²) in [6, 6.07) is 6.17. The van der Waals surface area contributed by atoms with E-state index in [9.17, 15) is 9.59 Å². The smallest absolute Gasteiger partial charge is 0.325 e. The lowest BCUT2D eigenvalue weighted by Gasteiger charge is -2.17. The Bertz CT molecular complexity index is 908. The molecular weight excluding hydrogens is 441 g/mol. The Labute approximate surface area is 184 Å². The van der Waals surface area contributed by atoms with E-state index in [1.807, 2.05) is 13.8 Å². The number of ether oxygens (including phenoxy) is 3. The number of hydrogen-bond donors (Lipinski definition) is 1. The first-order valence-electron chi connectivity index (χ1n) is 8.57. The molecule has 9 heteroatoms. The summed E-state index contributed by atoms with van der Waals surface area (Å²) in [5.41, 5.74) is 1.04. The molecule has 0 aliphatic rings. The fourth-order valence-electron chi connectivity index (χ4n) is 2.52. The van der Waals surface area contributed by atoms with Crippen molar-refractivity contribution in [3.05, 3.63) is 50.5 Å². The minimum Gasteiger partial charge on any atom is -0.495 e. The van der Waals surface area contributed by atoms with E-state index in [1.54, 1.807) is 19.2 Å². The Balaban J connectivity index is 2.31. The average molecular weight is 461 g/mol. The highest BCUT2D eigenvalue weighted by atomic mass is 35.5. The minimum atomic E-state index is -0.576. The third kappa shape index (κ3) is 5.69. The van der Waals surface area contributed by atoms with Crippen molar-refractivity contribution < 1.29 is 23.8 Å². The Hall–Kier alpha value is -2.15. The number of esters is 1. The third-order valence-electron chi connectivity index (χ3n) is 3.97. The van der Waals surface area contributed by atoms with Crippen LogP contribution in [0, 0.1) is 0 Å². The molecule has 6 nitrogen and oxygen atoms in total. The standard InChI is InChI=1S/C20H20Cl3NO5/c1-10(2)13-7-12(8-16(23)18(13)28-4)29-19-14(21)5-11(6-15(19)22)20(26)24-9-17(25)27-3/h5-8,10H,9H2,1-4H3,(H,24,26). The van der Waals surface area contributed by atoms with Crippen LogP contribution < -0.4 is 14.8 Å². The molecule has 0 aromatic heterocycles. The zero-order valence-electron chi connectivity index (χ0n) is 16.3. The molecule has 2 aromatic rings. The van der Waals surface area contributed by atoms with Crippen molar-refractivity contribution in [2.75, 3.05) is 20.8 Å². The van der Waals surface area contributed by atoms with Gasteiger partial charge in [-0.1, -0.05) is 48.7 Å². The molecule has 0 saturated carbocycles. The number of carbonyl (C=O) groups excluding carboxylic acids is 2. The molecule has 156 valence electrons. The second kappa shape index (κ2) is 10.1. The highest BCUT2D eigenvalue weighted by molar-refractivity contribution is 6.37. The Morgan fingerprint density at radius 1 is 0.966 bits per heavy atom. The maximum atomic E-state index is 12.2. The van der Waals surface area contributed by atoms with Crippen LogP contribution in [0.1, 0.15) is 35.7 Å². The topological polar surface area (TPSA) is 73.9 Å². The van der Waals surface area contributed by atoms with Crippen LogP contribution in [0.2, 0.25) is 15.1 Å². The molecule has 0 bridgehead atoms. The van der Waals surface area contributed by atoms with Crippen LogP contribution in [0.4, 0.5) is 0 Å². The molecular formula is C20H20Cl3NO5. The van der Waals surface area contributed by atoms with E-state index < -0.39 is 11.9 Å². The molecule has 0 heterocycles. The van der Waals surface area contributed by atoms with Gasteiger partial charge in [0.2, 0.25) is 0 Å². The maximum absolute atomic E-state index is 12.2. The second-order valence-corrected chi connectivity index (χ2v) is 7.53. The van der Waals surface area contributed by atoms with E-state index in [-0.39, 0.29) is 33.8 Å². The van der Waals surface area contributed by atoms with Crippen LogP contribution >= 0.6 is 34.8 Å². The quantitative estimate of drug-likeness (QED) is 0.554. The summed E-state index contributed by atoms with van der Waals surface area (Å²) in [5, 5.41) is 3.05. The largest absolute Gasteiger partial charge is 0.495 e. The van der Waals surface area contributed by atoms with E-state index in [0.29, 0.717) is 16.5 Å². The summed E-state index contributed by atoms with van der Waals surface area (Å²) in [5.74, 6) is 0.204. The number of hydrogen-bond acceptors (Lipinski definition) is 5. The Kier molecular flexibility index (Phi) is 8.02. The fourth-order valence-corrected chi connectivity index (χ4v) is 3.38. The van der Waals surface area contributed by atoms with Gasteiger partial charge in [0.1, 0.15) is 18.0 Å². The van der Waals surface area contributed by atoms with Crippen molar-refractivity contribution in [3.8, 4) is 17.2 Å². The zero-order chi connectivity index (χ0) is 21.7. The molecule has 1 N–H and O–H groups in total. The molecule has 0 aliphatic heterocycles. The van der Waals surface area contributed by atoms with Crippen molar-refractivity contribution >= 4 is 46.7 Å². The second-order valence-electron chi connectivity index (χ2n) is 6.31. The van der Waals surface area contributed by atoms with Crippen molar-refractivity contribution in [2.24, 2.45) is 0 Å². The molecule has 0 spiro atoms. The monoisotopic (exact) mass is 459 g/mol. The van der Waals surface area contributed by atoms with E-state index in [4.69, 9.17) is 44.3 Å². The average Bonchev–Trinajstić information content (AvgIpc) is 2.67. The predicted molar refractivity (Wildman–Crippen MR) is 113 cm³/mol. The molecule has 0 radical (unpaired) electrons. The van der Waals surface area contributed by atoms with Crippen molar-refractivity contribution in [1.29, 1.82) is 0 Å². The van der Waals surface area contributed by atoms with Crippen molar-refractivity contribution in [2.45, 2.75) is 19.8 Å². The first-order chi connectivity index (χ1) is 13.7. The number of amides is 1. The Morgan fingerprint density at radius 2 is 1.55 bits per heavy atom. The molecule has 0 atom stereocenters. The SMILES string of the molecule is COC(=O)CNC(=O)c1cc(Cl)c(Oc2cc(Cl)c(OC)c(C(C)C)c2)c(Cl)c1. The summed E-state index contributed by atoms with van der Waals surface area (Å²) in [7, 11) is 2.77. The van der Waals surface area contributed by atoms with E-state index >= 15 is 0 Å². The molecule has 0 fully saturated rings. The van der Waals surface area contributed by atoms with E-state index in [2.05, 4.69) is 10.1 Å². The van der Waals surface area contributed by atoms with Crippen LogP contribution in [0.5, 0.6) is 17.2 Å². The number of carbonyl (C=O) groups is 2. The van der Waals surface area contributed by atoms with Crippen LogP contribution in [0.25, 0.3) is 0 Å². The number of benzene rings is 2. The normalized spacial score (nSPS) is 10.6. The zero-order valence-corrected chi connectivity index (χ0v) is 18.5. The lowest BCUT2D eigenvalue weighted by molar-refractivity contribution is -0.139. The first-order valence-corrected chi connectivity index (χ1v) is 9.70. The predicted octanol–water partition coefficient (Wildman–Crippen LogP) is 5.47. The van der Waals surface area contributed by atoms with Gasteiger partial charge in [0.15, 0.2) is 5.75 Å². The molecule has 0 aliphatic carbocycles. The van der Waals surface area contributed by atoms with Gasteiger partial charge in [0.05, 0.1) is 29.3 Å². The van der Waals surface area contributed by atoms with Gasteiger partial charge in [-0.3, -0.25) is 9.59 Å². The van der Waals surface area contributed by atoms with Gasteiger partial charge in [-0.2, -0.15) is 0 Å². The van der Waals surface area contributed by atoms with Gasteiger partial charge in [0.25, 0.3) is 5.91 Å². The van der Waals surface area contributed by atoms with E-state index in [0.717, 1.165) is 5.56 Å². The summed E-state index contributed by atoms with van der Waals surface area (Å²) in [6.45, 7) is 3.73. The van der Waals surface area contributed by atoms with Crippen LogP contribution in [0.3, 0.4) is 0 Å². The number of rotatable bonds is 7. The lowest BCUT2D eigenvalue weighted by Crippen LogP contribution is -2.30. The van der Waals surface area contributed by atoms with Crippen molar-refractivity contribution in [1.82, 2.24) is 5.32 Å². The number of nitrogens with one attached hydrogen (secondary N) is 1.